The highest BCUT2D eigenvalue weighted by atomic mass is 35.5. The zero-order chi connectivity index (χ0) is 20.2. The van der Waals surface area contributed by atoms with Gasteiger partial charge in [0, 0.05) is 11.3 Å². The molecule has 1 N–H and O–H groups in total. The summed E-state index contributed by atoms with van der Waals surface area (Å²) in [4.78, 5) is 14.3. The largest absolute Gasteiger partial charge is 0.292 e. The number of benzene rings is 2. The monoisotopic (exact) mass is 405 g/mol. The van der Waals surface area contributed by atoms with Gasteiger partial charge in [-0.05, 0) is 35.7 Å². The summed E-state index contributed by atoms with van der Waals surface area (Å²) < 4.78 is 42.2. The van der Waals surface area contributed by atoms with E-state index in [4.69, 9.17) is 11.6 Å². The summed E-state index contributed by atoms with van der Waals surface area (Å²) in [5.41, 5.74) is 1.56. The number of carbonyl (C=O) groups excluding carboxylic acids is 1. The molecular formula is C20H15ClF3N3O. The summed E-state index contributed by atoms with van der Waals surface area (Å²) in [5.74, 6) is -3.41. The number of nitrogens with one attached hydrogen (secondary N) is 1. The number of halogens is 4. The van der Waals surface area contributed by atoms with E-state index in [-0.39, 0.29) is 22.3 Å². The lowest BCUT2D eigenvalue weighted by Gasteiger charge is -2.27. The van der Waals surface area contributed by atoms with E-state index < -0.39 is 29.4 Å². The van der Waals surface area contributed by atoms with Crippen LogP contribution >= 0.6 is 11.6 Å². The van der Waals surface area contributed by atoms with E-state index in [2.05, 4.69) is 10.2 Å². The van der Waals surface area contributed by atoms with Crippen molar-refractivity contribution in [2.24, 2.45) is 0 Å². The van der Waals surface area contributed by atoms with Crippen LogP contribution < -0.4 is 4.90 Å². The molecule has 0 saturated heterocycles. The second kappa shape index (κ2) is 6.67. The zero-order valence-corrected chi connectivity index (χ0v) is 15.7. The van der Waals surface area contributed by atoms with Crippen molar-refractivity contribution in [3.05, 3.63) is 81.4 Å². The molecule has 1 unspecified atom stereocenters. The number of carbonyl (C=O) groups is 1. The lowest BCUT2D eigenvalue weighted by atomic mass is 9.94. The Morgan fingerprint density at radius 1 is 1.14 bits per heavy atom. The molecule has 0 bridgehead atoms. The summed E-state index contributed by atoms with van der Waals surface area (Å²) in [7, 11) is 0. The standard InChI is InChI=1S/C20H15ClF3N3O/c1-9(2)17-15-18(26-25-17)20(28)27(14-5-3-4-11(21)16(14)24)19(15)10-6-7-12(22)13(23)8-10/h3-9,19H,1-2H3,(H,25,26). The van der Waals surface area contributed by atoms with Gasteiger partial charge in [-0.2, -0.15) is 5.10 Å². The summed E-state index contributed by atoms with van der Waals surface area (Å²) in [5, 5.41) is 6.80. The van der Waals surface area contributed by atoms with Gasteiger partial charge in [-0.25, -0.2) is 13.2 Å². The van der Waals surface area contributed by atoms with Crippen LogP contribution in [-0.4, -0.2) is 16.1 Å². The number of rotatable bonds is 3. The van der Waals surface area contributed by atoms with Crippen molar-refractivity contribution in [3.8, 4) is 0 Å². The van der Waals surface area contributed by atoms with Crippen molar-refractivity contribution in [3.63, 3.8) is 0 Å². The van der Waals surface area contributed by atoms with Crippen molar-refractivity contribution in [1.82, 2.24) is 10.2 Å². The quantitative estimate of drug-likeness (QED) is 0.638. The molecule has 1 aliphatic heterocycles. The van der Waals surface area contributed by atoms with Crippen LogP contribution in [0.4, 0.5) is 18.9 Å². The average Bonchev–Trinajstić information content (AvgIpc) is 3.19. The van der Waals surface area contributed by atoms with E-state index in [1.807, 2.05) is 13.8 Å². The topological polar surface area (TPSA) is 49.0 Å². The summed E-state index contributed by atoms with van der Waals surface area (Å²) in [6, 6.07) is 6.79. The minimum Gasteiger partial charge on any atom is -0.292 e. The molecule has 1 atom stereocenters. The van der Waals surface area contributed by atoms with Crippen molar-refractivity contribution in [2.75, 3.05) is 4.90 Å². The molecule has 0 spiro atoms. The van der Waals surface area contributed by atoms with E-state index in [9.17, 15) is 18.0 Å². The number of anilines is 1. The van der Waals surface area contributed by atoms with Gasteiger partial charge in [0.25, 0.3) is 5.91 Å². The molecule has 0 radical (unpaired) electrons. The van der Waals surface area contributed by atoms with Crippen molar-refractivity contribution >= 4 is 23.2 Å². The van der Waals surface area contributed by atoms with E-state index in [0.717, 1.165) is 12.1 Å². The van der Waals surface area contributed by atoms with Crippen LogP contribution in [0.3, 0.4) is 0 Å². The van der Waals surface area contributed by atoms with Gasteiger partial charge in [-0.3, -0.25) is 14.8 Å². The minimum atomic E-state index is -1.06. The van der Waals surface area contributed by atoms with E-state index in [1.54, 1.807) is 0 Å². The summed E-state index contributed by atoms with van der Waals surface area (Å²) >= 11 is 5.90. The Kier molecular flexibility index (Phi) is 4.42. The van der Waals surface area contributed by atoms with E-state index in [0.29, 0.717) is 16.8 Å². The molecule has 3 aromatic rings. The number of hydrogen-bond donors (Lipinski definition) is 1. The molecule has 1 amide bonds. The van der Waals surface area contributed by atoms with Crippen LogP contribution in [0, 0.1) is 17.5 Å². The second-order valence-corrected chi connectivity index (χ2v) is 7.29. The Hall–Kier alpha value is -2.80. The molecule has 8 heteroatoms. The van der Waals surface area contributed by atoms with Gasteiger partial charge in [0.15, 0.2) is 23.1 Å². The van der Waals surface area contributed by atoms with E-state index in [1.165, 1.54) is 29.2 Å². The van der Waals surface area contributed by atoms with Gasteiger partial charge < -0.3 is 0 Å². The number of nitrogens with zero attached hydrogens (tertiary/aromatic N) is 2. The molecule has 0 aliphatic carbocycles. The highest BCUT2D eigenvalue weighted by molar-refractivity contribution is 6.31. The third-order valence-electron chi connectivity index (χ3n) is 4.81. The van der Waals surface area contributed by atoms with Crippen LogP contribution in [0.5, 0.6) is 0 Å². The van der Waals surface area contributed by atoms with Crippen molar-refractivity contribution in [2.45, 2.75) is 25.8 Å². The number of amides is 1. The molecule has 2 aromatic carbocycles. The molecule has 4 nitrogen and oxygen atoms in total. The Balaban J connectivity index is 1.98. The molecule has 144 valence electrons. The van der Waals surface area contributed by atoms with Gasteiger partial charge in [-0.1, -0.05) is 37.6 Å². The fraction of sp³-hybridized carbons (Fsp3) is 0.200. The number of aromatic amines is 1. The average molecular weight is 406 g/mol. The maximum absolute atomic E-state index is 14.8. The van der Waals surface area contributed by atoms with Gasteiger partial charge in [0.1, 0.15) is 0 Å². The van der Waals surface area contributed by atoms with Crippen LogP contribution in [0.25, 0.3) is 0 Å². The molecule has 2 heterocycles. The van der Waals surface area contributed by atoms with Crippen LogP contribution in [-0.2, 0) is 0 Å². The first kappa shape index (κ1) is 18.6. The third kappa shape index (κ3) is 2.69. The maximum Gasteiger partial charge on any atom is 0.280 e. The smallest absolute Gasteiger partial charge is 0.280 e. The number of aromatic nitrogens is 2. The molecule has 28 heavy (non-hydrogen) atoms. The van der Waals surface area contributed by atoms with Gasteiger partial charge in [0.05, 0.1) is 16.8 Å². The van der Waals surface area contributed by atoms with E-state index >= 15 is 0 Å². The summed E-state index contributed by atoms with van der Waals surface area (Å²) in [6.45, 7) is 3.81. The Labute approximate surface area is 163 Å². The highest BCUT2D eigenvalue weighted by Gasteiger charge is 2.44. The fourth-order valence-corrected chi connectivity index (χ4v) is 3.70. The molecule has 0 saturated carbocycles. The maximum atomic E-state index is 14.8. The number of H-pyrrole nitrogens is 1. The Morgan fingerprint density at radius 3 is 2.57 bits per heavy atom. The Morgan fingerprint density at radius 2 is 1.89 bits per heavy atom. The number of hydrogen-bond acceptors (Lipinski definition) is 2. The van der Waals surface area contributed by atoms with Crippen molar-refractivity contribution < 1.29 is 18.0 Å². The molecular weight excluding hydrogens is 391 g/mol. The first-order chi connectivity index (χ1) is 13.3. The lowest BCUT2D eigenvalue weighted by Crippen LogP contribution is -2.30. The second-order valence-electron chi connectivity index (χ2n) is 6.88. The predicted molar refractivity (Wildman–Crippen MR) is 99.1 cm³/mol. The zero-order valence-electron chi connectivity index (χ0n) is 14.9. The first-order valence-corrected chi connectivity index (χ1v) is 8.99. The lowest BCUT2D eigenvalue weighted by molar-refractivity contribution is 0.0988. The highest BCUT2D eigenvalue weighted by Crippen LogP contribution is 2.45. The molecule has 4 rings (SSSR count). The van der Waals surface area contributed by atoms with Crippen LogP contribution in [0.2, 0.25) is 5.02 Å². The number of fused-ring (bicyclic) bond motifs is 1. The molecule has 0 fully saturated rings. The SMILES string of the molecule is CC(C)c1[nH]nc2c1C(c1ccc(F)c(F)c1)N(c1cccc(Cl)c1F)C2=O. The van der Waals surface area contributed by atoms with Crippen LogP contribution in [0.15, 0.2) is 36.4 Å². The van der Waals surface area contributed by atoms with Gasteiger partial charge in [-0.15, -0.1) is 0 Å². The molecule has 1 aromatic heterocycles. The Bertz CT molecular complexity index is 1100. The van der Waals surface area contributed by atoms with Crippen molar-refractivity contribution in [1.29, 1.82) is 0 Å². The fourth-order valence-electron chi connectivity index (χ4n) is 3.53. The summed E-state index contributed by atoms with van der Waals surface area (Å²) in [6.07, 6.45) is 0. The van der Waals surface area contributed by atoms with Crippen LogP contribution in [0.1, 0.15) is 53.1 Å². The molecule has 1 aliphatic rings. The van der Waals surface area contributed by atoms with Gasteiger partial charge >= 0.3 is 0 Å². The third-order valence-corrected chi connectivity index (χ3v) is 5.11. The minimum absolute atomic E-state index is 0.0268. The van der Waals surface area contributed by atoms with Gasteiger partial charge in [0.2, 0.25) is 0 Å². The first-order valence-electron chi connectivity index (χ1n) is 8.62. The predicted octanol–water partition coefficient (Wildman–Crippen LogP) is 5.35. The normalized spacial score (nSPS) is 16.2.